The molecule has 0 unspecified atom stereocenters. The number of fused-ring (bicyclic) bond motifs is 1. The van der Waals surface area contributed by atoms with Gasteiger partial charge in [0.05, 0.1) is 41.6 Å². The number of likely N-dealkylation sites (N-methyl/N-ethyl adjacent to an activating group) is 1. The third-order valence-corrected chi connectivity index (χ3v) is 8.57. The number of para-hydroxylation sites is 1. The first-order chi connectivity index (χ1) is 23.5. The minimum absolute atomic E-state index is 0.0739. The molecule has 1 fully saturated rings. The molecule has 2 heterocycles. The summed E-state index contributed by atoms with van der Waals surface area (Å²) in [6.07, 6.45) is 2.97. The minimum atomic E-state index is -0.665. The van der Waals surface area contributed by atoms with Crippen LogP contribution in [-0.4, -0.2) is 102 Å². The van der Waals surface area contributed by atoms with Crippen LogP contribution in [0.3, 0.4) is 0 Å². The second-order valence-electron chi connectivity index (χ2n) is 12.1. The van der Waals surface area contributed by atoms with Crippen molar-refractivity contribution in [2.24, 2.45) is 0 Å². The van der Waals surface area contributed by atoms with Gasteiger partial charge in [0.25, 0.3) is 11.8 Å². The van der Waals surface area contributed by atoms with E-state index in [0.29, 0.717) is 35.7 Å². The van der Waals surface area contributed by atoms with E-state index in [2.05, 4.69) is 27.2 Å². The molecule has 49 heavy (non-hydrogen) atoms. The Morgan fingerprint density at radius 1 is 0.939 bits per heavy atom. The molecule has 1 aliphatic rings. The molecular weight excluding hydrogens is 628 g/mol. The number of anilines is 2. The monoisotopic (exact) mass is 670 g/mol. The van der Waals surface area contributed by atoms with Gasteiger partial charge in [-0.3, -0.25) is 14.4 Å². The maximum Gasteiger partial charge on any atom is 0.317 e. The molecule has 0 saturated carbocycles. The lowest BCUT2D eigenvalue weighted by atomic mass is 10.1. The highest BCUT2D eigenvalue weighted by molar-refractivity contribution is 6.13. The van der Waals surface area contributed by atoms with Crippen LogP contribution >= 0.6 is 0 Å². The zero-order chi connectivity index (χ0) is 35.1. The molecule has 13 heteroatoms. The van der Waals surface area contributed by atoms with E-state index in [0.717, 1.165) is 51.0 Å². The van der Waals surface area contributed by atoms with E-state index in [9.17, 15) is 24.6 Å². The van der Waals surface area contributed by atoms with Crippen molar-refractivity contribution in [3.05, 3.63) is 71.3 Å². The first-order valence-electron chi connectivity index (χ1n) is 16.2. The Bertz CT molecular complexity index is 1840. The molecule has 258 valence electrons. The average Bonchev–Trinajstić information content (AvgIpc) is 3.09. The van der Waals surface area contributed by atoms with Gasteiger partial charge in [0.2, 0.25) is 11.8 Å². The molecule has 4 aromatic rings. The van der Waals surface area contributed by atoms with Crippen molar-refractivity contribution < 1.29 is 34.1 Å². The third kappa shape index (κ3) is 8.36. The van der Waals surface area contributed by atoms with Gasteiger partial charge in [-0.15, -0.1) is 0 Å². The lowest BCUT2D eigenvalue weighted by Crippen LogP contribution is -2.47. The third-order valence-electron chi connectivity index (χ3n) is 8.57. The molecule has 0 aliphatic carbocycles. The van der Waals surface area contributed by atoms with Crippen molar-refractivity contribution in [1.29, 1.82) is 0 Å². The van der Waals surface area contributed by atoms with E-state index in [1.807, 2.05) is 30.0 Å². The van der Waals surface area contributed by atoms with Crippen molar-refractivity contribution in [2.75, 3.05) is 64.2 Å². The number of aromatic hydroxyl groups is 2. The zero-order valence-electron chi connectivity index (χ0n) is 28.2. The lowest BCUT2D eigenvalue weighted by molar-refractivity contribution is -0.132. The molecule has 3 aromatic carbocycles. The number of amides is 3. The van der Waals surface area contributed by atoms with Crippen LogP contribution in [0.4, 0.5) is 11.4 Å². The normalized spacial score (nSPS) is 13.3. The SMILES string of the molecule is COc1cc(C(=O)N(C)c2ccc(C)cc2OCCCCCC(=O)N2CCN(C)CC2)ccc1NC(=O)c1cccc2c(O)nc(O)nc12. The number of hydrogen-bond donors (Lipinski definition) is 3. The summed E-state index contributed by atoms with van der Waals surface area (Å²) in [6, 6.07) is 14.3. The van der Waals surface area contributed by atoms with Crippen LogP contribution in [0.5, 0.6) is 23.4 Å². The Morgan fingerprint density at radius 2 is 1.71 bits per heavy atom. The number of carbonyl (C=O) groups excluding carboxylic acids is 3. The van der Waals surface area contributed by atoms with Crippen LogP contribution in [0.15, 0.2) is 54.6 Å². The van der Waals surface area contributed by atoms with Gasteiger partial charge in [-0.05, 0) is 81.3 Å². The molecule has 1 aliphatic heterocycles. The number of nitrogens with zero attached hydrogens (tertiary/aromatic N) is 5. The molecule has 0 spiro atoms. The molecule has 13 nitrogen and oxygen atoms in total. The van der Waals surface area contributed by atoms with E-state index in [1.165, 1.54) is 30.2 Å². The van der Waals surface area contributed by atoms with Gasteiger partial charge in [-0.1, -0.05) is 12.1 Å². The van der Waals surface area contributed by atoms with Gasteiger partial charge in [-0.25, -0.2) is 0 Å². The predicted octanol–water partition coefficient (Wildman–Crippen LogP) is 4.60. The smallest absolute Gasteiger partial charge is 0.317 e. The highest BCUT2D eigenvalue weighted by Crippen LogP contribution is 2.33. The molecule has 0 atom stereocenters. The van der Waals surface area contributed by atoms with Crippen molar-refractivity contribution in [3.8, 4) is 23.4 Å². The Balaban J connectivity index is 1.21. The van der Waals surface area contributed by atoms with E-state index in [-0.39, 0.29) is 34.0 Å². The average molecular weight is 671 g/mol. The van der Waals surface area contributed by atoms with Crippen LogP contribution in [-0.2, 0) is 4.79 Å². The van der Waals surface area contributed by atoms with Crippen molar-refractivity contribution in [1.82, 2.24) is 19.8 Å². The first-order valence-corrected chi connectivity index (χ1v) is 16.2. The number of carbonyl (C=O) groups is 3. The minimum Gasteiger partial charge on any atom is -0.495 e. The number of rotatable bonds is 12. The molecule has 3 amide bonds. The summed E-state index contributed by atoms with van der Waals surface area (Å²) < 4.78 is 11.7. The van der Waals surface area contributed by atoms with E-state index >= 15 is 0 Å². The van der Waals surface area contributed by atoms with Crippen LogP contribution in [0.25, 0.3) is 10.9 Å². The summed E-state index contributed by atoms with van der Waals surface area (Å²) in [4.78, 5) is 52.6. The van der Waals surface area contributed by atoms with E-state index in [4.69, 9.17) is 9.47 Å². The van der Waals surface area contributed by atoms with Crippen LogP contribution < -0.4 is 19.7 Å². The maximum atomic E-state index is 13.7. The van der Waals surface area contributed by atoms with Crippen molar-refractivity contribution in [3.63, 3.8) is 0 Å². The Labute approximate surface area is 285 Å². The number of aromatic nitrogens is 2. The number of hydrogen-bond acceptors (Lipinski definition) is 10. The largest absolute Gasteiger partial charge is 0.495 e. The quantitative estimate of drug-likeness (QED) is 0.182. The highest BCUT2D eigenvalue weighted by atomic mass is 16.5. The van der Waals surface area contributed by atoms with Crippen molar-refractivity contribution >= 4 is 40.0 Å². The summed E-state index contributed by atoms with van der Waals surface area (Å²) in [7, 11) is 5.17. The Morgan fingerprint density at radius 3 is 2.47 bits per heavy atom. The van der Waals surface area contributed by atoms with Crippen LogP contribution in [0, 0.1) is 6.92 Å². The molecule has 3 N–H and O–H groups in total. The van der Waals surface area contributed by atoms with Gasteiger partial charge in [-0.2, -0.15) is 9.97 Å². The van der Waals surface area contributed by atoms with Gasteiger partial charge in [0, 0.05) is 45.2 Å². The standard InChI is InChI=1S/C36H42N6O7/c1-23-12-15-28(30(21-23)49-20-7-5-6-11-31(43)42-18-16-40(2)17-19-42)41(3)35(46)24-13-14-27(29(22-24)48-4)37-33(44)25-9-8-10-26-32(25)38-36(47)39-34(26)45/h8-10,12-15,21-22H,5-7,11,16-20H2,1-4H3,(H,37,44)(H2,38,39,45,47). The fraction of sp³-hybridized carbons (Fsp3) is 0.361. The van der Waals surface area contributed by atoms with Gasteiger partial charge in [0.1, 0.15) is 11.5 Å². The number of methoxy groups -OCH3 is 1. The number of ether oxygens (including phenoxy) is 2. The summed E-state index contributed by atoms with van der Waals surface area (Å²) >= 11 is 0. The number of aryl methyl sites for hydroxylation is 1. The fourth-order valence-corrected chi connectivity index (χ4v) is 5.69. The molecule has 0 bridgehead atoms. The molecule has 0 radical (unpaired) electrons. The van der Waals surface area contributed by atoms with Gasteiger partial charge < -0.3 is 39.7 Å². The van der Waals surface area contributed by atoms with Gasteiger partial charge in [0.15, 0.2) is 0 Å². The van der Waals surface area contributed by atoms with Crippen LogP contribution in [0.2, 0.25) is 0 Å². The first kappa shape index (κ1) is 34.9. The molecule has 1 saturated heterocycles. The number of piperazine rings is 1. The van der Waals surface area contributed by atoms with Crippen molar-refractivity contribution in [2.45, 2.75) is 32.6 Å². The second kappa shape index (κ2) is 15.6. The number of benzene rings is 3. The van der Waals surface area contributed by atoms with Gasteiger partial charge >= 0.3 is 6.01 Å². The maximum absolute atomic E-state index is 13.7. The topological polar surface area (TPSA) is 158 Å². The summed E-state index contributed by atoms with van der Waals surface area (Å²) in [5.41, 5.74) is 2.38. The lowest BCUT2D eigenvalue weighted by Gasteiger charge is -2.32. The highest BCUT2D eigenvalue weighted by Gasteiger charge is 2.22. The fourth-order valence-electron chi connectivity index (χ4n) is 5.69. The van der Waals surface area contributed by atoms with E-state index < -0.39 is 17.8 Å². The number of unbranched alkanes of at least 4 members (excludes halogenated alkanes) is 2. The van der Waals surface area contributed by atoms with Crippen LogP contribution in [0.1, 0.15) is 52.0 Å². The summed E-state index contributed by atoms with van der Waals surface area (Å²) in [5, 5.41) is 22.8. The number of nitrogens with one attached hydrogen (secondary N) is 1. The molecular formula is C36H42N6O7. The summed E-state index contributed by atoms with van der Waals surface area (Å²) in [5.74, 6) is -0.293. The predicted molar refractivity (Wildman–Crippen MR) is 186 cm³/mol. The van der Waals surface area contributed by atoms with E-state index in [1.54, 1.807) is 25.2 Å². The Kier molecular flexibility index (Phi) is 11.1. The second-order valence-corrected chi connectivity index (χ2v) is 12.1. The molecule has 1 aromatic heterocycles. The summed E-state index contributed by atoms with van der Waals surface area (Å²) in [6.45, 7) is 5.81. The Hall–Kier alpha value is -5.43. The molecule has 5 rings (SSSR count). The zero-order valence-corrected chi connectivity index (χ0v) is 28.2.